The molecular formula is C9H18FNO2. The predicted octanol–water partition coefficient (Wildman–Crippen LogP) is 1.28. The minimum atomic E-state index is -0.483. The SMILES string of the molecule is CC(NCCF)C(=O)OC(C)(C)C. The summed E-state index contributed by atoms with van der Waals surface area (Å²) in [6.45, 7) is 6.75. The van der Waals surface area contributed by atoms with E-state index in [0.717, 1.165) is 0 Å². The molecule has 3 nitrogen and oxygen atoms in total. The van der Waals surface area contributed by atoms with E-state index in [0.29, 0.717) is 0 Å². The van der Waals surface area contributed by atoms with Gasteiger partial charge in [-0.15, -0.1) is 0 Å². The minimum absolute atomic E-state index is 0.181. The van der Waals surface area contributed by atoms with Crippen LogP contribution in [0.2, 0.25) is 0 Å². The van der Waals surface area contributed by atoms with Gasteiger partial charge in [-0.25, -0.2) is 4.39 Å². The molecule has 4 heteroatoms. The third-order valence-corrected chi connectivity index (χ3v) is 1.31. The molecule has 0 aliphatic carbocycles. The van der Waals surface area contributed by atoms with Crippen LogP contribution in [0.15, 0.2) is 0 Å². The highest BCUT2D eigenvalue weighted by Gasteiger charge is 2.20. The Morgan fingerprint density at radius 2 is 2.08 bits per heavy atom. The van der Waals surface area contributed by atoms with Gasteiger partial charge in [-0.3, -0.25) is 4.79 Å². The molecule has 0 saturated heterocycles. The summed E-state index contributed by atoms with van der Waals surface area (Å²) in [5.41, 5.74) is -0.483. The molecular weight excluding hydrogens is 173 g/mol. The lowest BCUT2D eigenvalue weighted by Gasteiger charge is -2.22. The summed E-state index contributed by atoms with van der Waals surface area (Å²) in [4.78, 5) is 11.3. The Bertz CT molecular complexity index is 165. The minimum Gasteiger partial charge on any atom is -0.459 e. The lowest BCUT2D eigenvalue weighted by atomic mass is 10.2. The molecule has 1 N–H and O–H groups in total. The van der Waals surface area contributed by atoms with Crippen molar-refractivity contribution in [3.63, 3.8) is 0 Å². The number of esters is 1. The topological polar surface area (TPSA) is 38.3 Å². The van der Waals surface area contributed by atoms with Crippen molar-refractivity contribution < 1.29 is 13.9 Å². The Morgan fingerprint density at radius 3 is 2.46 bits per heavy atom. The largest absolute Gasteiger partial charge is 0.459 e. The van der Waals surface area contributed by atoms with Crippen LogP contribution in [-0.4, -0.2) is 30.8 Å². The van der Waals surface area contributed by atoms with Crippen LogP contribution < -0.4 is 5.32 Å². The van der Waals surface area contributed by atoms with E-state index in [1.807, 2.05) is 0 Å². The summed E-state index contributed by atoms with van der Waals surface area (Å²) in [5, 5.41) is 2.71. The Labute approximate surface area is 78.6 Å². The first-order chi connectivity index (χ1) is 5.87. The van der Waals surface area contributed by atoms with Gasteiger partial charge in [-0.05, 0) is 27.7 Å². The fraction of sp³-hybridized carbons (Fsp3) is 0.889. The number of hydrogen-bond acceptors (Lipinski definition) is 3. The number of hydrogen-bond donors (Lipinski definition) is 1. The van der Waals surface area contributed by atoms with Crippen LogP contribution in [0.3, 0.4) is 0 Å². The average molecular weight is 191 g/mol. The summed E-state index contributed by atoms with van der Waals surface area (Å²) >= 11 is 0. The smallest absolute Gasteiger partial charge is 0.323 e. The molecule has 0 rings (SSSR count). The van der Waals surface area contributed by atoms with Crippen LogP contribution in [0.25, 0.3) is 0 Å². The zero-order valence-electron chi connectivity index (χ0n) is 8.69. The maximum absolute atomic E-state index is 11.7. The van der Waals surface area contributed by atoms with Crippen LogP contribution >= 0.6 is 0 Å². The quantitative estimate of drug-likeness (QED) is 0.680. The first-order valence-electron chi connectivity index (χ1n) is 4.39. The third-order valence-electron chi connectivity index (χ3n) is 1.31. The van der Waals surface area contributed by atoms with Gasteiger partial charge in [0.05, 0.1) is 0 Å². The third kappa shape index (κ3) is 6.51. The number of alkyl halides is 1. The fourth-order valence-electron chi connectivity index (χ4n) is 0.745. The van der Waals surface area contributed by atoms with Crippen molar-refractivity contribution in [3.05, 3.63) is 0 Å². The number of nitrogens with one attached hydrogen (secondary N) is 1. The fourth-order valence-corrected chi connectivity index (χ4v) is 0.745. The van der Waals surface area contributed by atoms with Gasteiger partial charge in [0.1, 0.15) is 18.3 Å². The molecule has 0 aromatic rings. The van der Waals surface area contributed by atoms with Gasteiger partial charge in [0.25, 0.3) is 0 Å². The van der Waals surface area contributed by atoms with E-state index in [9.17, 15) is 9.18 Å². The van der Waals surface area contributed by atoms with E-state index < -0.39 is 18.3 Å². The highest BCUT2D eigenvalue weighted by atomic mass is 19.1. The molecule has 0 aromatic heterocycles. The van der Waals surface area contributed by atoms with Crippen LogP contribution in [-0.2, 0) is 9.53 Å². The molecule has 0 aliphatic rings. The lowest BCUT2D eigenvalue weighted by Crippen LogP contribution is -2.40. The summed E-state index contributed by atoms with van der Waals surface area (Å²) in [6, 6.07) is -0.449. The molecule has 0 aliphatic heterocycles. The Balaban J connectivity index is 3.83. The lowest BCUT2D eigenvalue weighted by molar-refractivity contribution is -0.156. The predicted molar refractivity (Wildman–Crippen MR) is 49.3 cm³/mol. The van der Waals surface area contributed by atoms with Crippen molar-refractivity contribution in [1.82, 2.24) is 5.32 Å². The second-order valence-corrected chi connectivity index (χ2v) is 3.90. The van der Waals surface area contributed by atoms with Crippen LogP contribution in [0.1, 0.15) is 27.7 Å². The Morgan fingerprint density at radius 1 is 1.54 bits per heavy atom. The Hall–Kier alpha value is -0.640. The summed E-state index contributed by atoms with van der Waals surface area (Å²) in [5.74, 6) is -0.346. The maximum atomic E-state index is 11.7. The highest BCUT2D eigenvalue weighted by molar-refractivity contribution is 5.75. The number of halogens is 1. The van der Waals surface area contributed by atoms with Crippen LogP contribution in [0, 0.1) is 0 Å². The number of carbonyl (C=O) groups excluding carboxylic acids is 1. The van der Waals surface area contributed by atoms with E-state index in [-0.39, 0.29) is 12.5 Å². The van der Waals surface area contributed by atoms with Crippen LogP contribution in [0.4, 0.5) is 4.39 Å². The zero-order chi connectivity index (χ0) is 10.5. The first kappa shape index (κ1) is 12.4. The average Bonchev–Trinajstić information content (AvgIpc) is 1.96. The van der Waals surface area contributed by atoms with Crippen LogP contribution in [0.5, 0.6) is 0 Å². The number of carbonyl (C=O) groups is 1. The normalized spacial score (nSPS) is 13.9. The molecule has 0 spiro atoms. The number of rotatable bonds is 4. The standard InChI is InChI=1S/C9H18FNO2/c1-7(11-6-5-10)8(12)13-9(2,3)4/h7,11H,5-6H2,1-4H3. The first-order valence-corrected chi connectivity index (χ1v) is 4.39. The van der Waals surface area contributed by atoms with Crippen molar-refractivity contribution in [2.24, 2.45) is 0 Å². The van der Waals surface area contributed by atoms with Crippen molar-refractivity contribution in [3.8, 4) is 0 Å². The molecule has 0 aromatic carbocycles. The summed E-state index contributed by atoms with van der Waals surface area (Å²) in [7, 11) is 0. The molecule has 0 bridgehead atoms. The molecule has 1 atom stereocenters. The zero-order valence-corrected chi connectivity index (χ0v) is 8.69. The van der Waals surface area contributed by atoms with Crippen molar-refractivity contribution in [2.75, 3.05) is 13.2 Å². The molecule has 0 amide bonds. The summed E-state index contributed by atoms with van der Waals surface area (Å²) in [6.07, 6.45) is 0. The second-order valence-electron chi connectivity index (χ2n) is 3.90. The van der Waals surface area contributed by atoms with E-state index in [4.69, 9.17) is 4.74 Å². The Kier molecular flexibility index (Phi) is 4.91. The van der Waals surface area contributed by atoms with Gasteiger partial charge in [0.15, 0.2) is 0 Å². The van der Waals surface area contributed by atoms with Gasteiger partial charge in [-0.1, -0.05) is 0 Å². The molecule has 0 fully saturated rings. The van der Waals surface area contributed by atoms with Gasteiger partial charge in [-0.2, -0.15) is 0 Å². The van der Waals surface area contributed by atoms with Gasteiger partial charge >= 0.3 is 5.97 Å². The summed E-state index contributed by atoms with van der Waals surface area (Å²) < 4.78 is 16.8. The molecule has 1 unspecified atom stereocenters. The van der Waals surface area contributed by atoms with E-state index in [1.165, 1.54) is 0 Å². The van der Waals surface area contributed by atoms with Gasteiger partial charge in [0.2, 0.25) is 0 Å². The second kappa shape index (κ2) is 5.17. The highest BCUT2D eigenvalue weighted by Crippen LogP contribution is 2.07. The molecule has 0 radical (unpaired) electrons. The molecule has 13 heavy (non-hydrogen) atoms. The van der Waals surface area contributed by atoms with Crippen molar-refractivity contribution >= 4 is 5.97 Å². The van der Waals surface area contributed by atoms with Crippen molar-refractivity contribution in [2.45, 2.75) is 39.3 Å². The maximum Gasteiger partial charge on any atom is 0.323 e. The van der Waals surface area contributed by atoms with Crippen molar-refractivity contribution in [1.29, 1.82) is 0 Å². The monoisotopic (exact) mass is 191 g/mol. The van der Waals surface area contributed by atoms with E-state index in [2.05, 4.69) is 5.32 Å². The number of ether oxygens (including phenoxy) is 1. The van der Waals surface area contributed by atoms with Gasteiger partial charge < -0.3 is 10.1 Å². The molecule has 0 saturated carbocycles. The van der Waals surface area contributed by atoms with Gasteiger partial charge in [0, 0.05) is 6.54 Å². The molecule has 0 heterocycles. The molecule has 78 valence electrons. The van der Waals surface area contributed by atoms with E-state index in [1.54, 1.807) is 27.7 Å². The van der Waals surface area contributed by atoms with E-state index >= 15 is 0 Å².